The van der Waals surface area contributed by atoms with E-state index in [0.717, 1.165) is 28.2 Å². The van der Waals surface area contributed by atoms with Crippen molar-refractivity contribution >= 4 is 17.1 Å². The Morgan fingerprint density at radius 3 is 2.84 bits per heavy atom. The number of ether oxygens (including phenoxy) is 1. The molecule has 0 fully saturated rings. The van der Waals surface area contributed by atoms with Gasteiger partial charge in [-0.05, 0) is 36.8 Å². The number of methoxy groups -OCH3 is 1. The summed E-state index contributed by atoms with van der Waals surface area (Å²) in [6, 6.07) is 15.4. The lowest BCUT2D eigenvalue weighted by atomic mass is 10.2. The Kier molecular flexibility index (Phi) is 5.18. The monoisotopic (exact) mass is 338 g/mol. The van der Waals surface area contributed by atoms with Crippen LogP contribution in [0.2, 0.25) is 0 Å². The lowest BCUT2D eigenvalue weighted by Crippen LogP contribution is -2.36. The van der Waals surface area contributed by atoms with Crippen molar-refractivity contribution in [1.29, 1.82) is 0 Å². The first-order valence-corrected chi connectivity index (χ1v) is 8.24. The normalized spacial score (nSPS) is 10.6. The quantitative estimate of drug-likeness (QED) is 0.726. The van der Waals surface area contributed by atoms with Crippen molar-refractivity contribution in [1.82, 2.24) is 20.2 Å². The van der Waals surface area contributed by atoms with E-state index in [4.69, 9.17) is 4.74 Å². The average molecular weight is 338 g/mol. The molecule has 0 radical (unpaired) electrons. The van der Waals surface area contributed by atoms with Crippen LogP contribution >= 0.6 is 0 Å². The van der Waals surface area contributed by atoms with Gasteiger partial charge in [-0.25, -0.2) is 9.78 Å². The Balaban J connectivity index is 1.50. The molecule has 25 heavy (non-hydrogen) atoms. The molecule has 2 N–H and O–H groups in total. The summed E-state index contributed by atoms with van der Waals surface area (Å²) < 4.78 is 7.29. The first-order valence-electron chi connectivity index (χ1n) is 8.24. The van der Waals surface area contributed by atoms with E-state index >= 15 is 0 Å². The lowest BCUT2D eigenvalue weighted by Gasteiger charge is -2.10. The third-order valence-electron chi connectivity index (χ3n) is 4.05. The second-order valence-corrected chi connectivity index (χ2v) is 5.76. The zero-order valence-corrected chi connectivity index (χ0v) is 14.5. The van der Waals surface area contributed by atoms with Crippen LogP contribution in [0.1, 0.15) is 11.4 Å². The summed E-state index contributed by atoms with van der Waals surface area (Å²) in [6.07, 6.45) is 0. The molecule has 6 heteroatoms. The van der Waals surface area contributed by atoms with Crippen molar-refractivity contribution in [3.8, 4) is 5.75 Å². The number of para-hydroxylation sites is 2. The van der Waals surface area contributed by atoms with E-state index in [9.17, 15) is 4.79 Å². The zero-order valence-electron chi connectivity index (χ0n) is 14.5. The van der Waals surface area contributed by atoms with Crippen LogP contribution in [0.5, 0.6) is 5.75 Å². The van der Waals surface area contributed by atoms with Gasteiger partial charge in [-0.2, -0.15) is 0 Å². The fourth-order valence-electron chi connectivity index (χ4n) is 2.79. The van der Waals surface area contributed by atoms with E-state index < -0.39 is 0 Å². The van der Waals surface area contributed by atoms with E-state index in [1.54, 1.807) is 7.11 Å². The van der Waals surface area contributed by atoms with E-state index in [0.29, 0.717) is 19.6 Å². The number of aryl methyl sites for hydroxylation is 1. The molecule has 130 valence electrons. The van der Waals surface area contributed by atoms with Gasteiger partial charge in [0.2, 0.25) is 0 Å². The number of imidazole rings is 1. The van der Waals surface area contributed by atoms with Gasteiger partial charge in [0.25, 0.3) is 0 Å². The molecule has 1 heterocycles. The SMILES string of the molecule is COc1cccc(CNC(=O)NCCn2c(C)nc3ccccc32)c1. The summed E-state index contributed by atoms with van der Waals surface area (Å²) in [6.45, 7) is 3.64. The number of nitrogens with zero attached hydrogens (tertiary/aromatic N) is 2. The average Bonchev–Trinajstić information content (AvgIpc) is 2.96. The minimum atomic E-state index is -0.190. The number of carbonyl (C=O) groups is 1. The number of aromatic nitrogens is 2. The molecule has 0 bridgehead atoms. The number of carbonyl (C=O) groups excluding carboxylic acids is 1. The first kappa shape index (κ1) is 16.8. The summed E-state index contributed by atoms with van der Waals surface area (Å²) in [4.78, 5) is 16.5. The highest BCUT2D eigenvalue weighted by Crippen LogP contribution is 2.15. The van der Waals surface area contributed by atoms with Gasteiger partial charge in [0.05, 0.1) is 18.1 Å². The van der Waals surface area contributed by atoms with Crippen LogP contribution in [-0.2, 0) is 13.1 Å². The Morgan fingerprint density at radius 1 is 1.16 bits per heavy atom. The molecule has 1 aromatic heterocycles. The number of urea groups is 1. The predicted molar refractivity (Wildman–Crippen MR) is 97.7 cm³/mol. The highest BCUT2D eigenvalue weighted by Gasteiger charge is 2.07. The van der Waals surface area contributed by atoms with E-state index in [-0.39, 0.29) is 6.03 Å². The van der Waals surface area contributed by atoms with Gasteiger partial charge in [0, 0.05) is 19.6 Å². The summed E-state index contributed by atoms with van der Waals surface area (Å²) >= 11 is 0. The van der Waals surface area contributed by atoms with E-state index in [2.05, 4.69) is 20.2 Å². The highest BCUT2D eigenvalue weighted by atomic mass is 16.5. The van der Waals surface area contributed by atoms with Gasteiger partial charge in [-0.1, -0.05) is 24.3 Å². The summed E-state index contributed by atoms with van der Waals surface area (Å²) in [5.41, 5.74) is 3.05. The Labute approximate surface area is 146 Å². The number of rotatable bonds is 6. The Bertz CT molecular complexity index is 873. The maximum absolute atomic E-state index is 12.0. The number of fused-ring (bicyclic) bond motifs is 1. The van der Waals surface area contributed by atoms with E-state index in [1.165, 1.54) is 0 Å². The van der Waals surface area contributed by atoms with Gasteiger partial charge in [0.1, 0.15) is 11.6 Å². The second-order valence-electron chi connectivity index (χ2n) is 5.76. The highest BCUT2D eigenvalue weighted by molar-refractivity contribution is 5.76. The fourth-order valence-corrected chi connectivity index (χ4v) is 2.79. The molecule has 3 rings (SSSR count). The Hall–Kier alpha value is -3.02. The topological polar surface area (TPSA) is 68.2 Å². The third kappa shape index (κ3) is 4.09. The van der Waals surface area contributed by atoms with Crippen molar-refractivity contribution in [3.05, 3.63) is 59.9 Å². The number of amides is 2. The summed E-state index contributed by atoms with van der Waals surface area (Å²) in [5, 5.41) is 5.73. The van der Waals surface area contributed by atoms with Crippen LogP contribution in [0.4, 0.5) is 4.79 Å². The summed E-state index contributed by atoms with van der Waals surface area (Å²) in [5.74, 6) is 1.72. The number of benzene rings is 2. The van der Waals surface area contributed by atoms with Crippen LogP contribution < -0.4 is 15.4 Å². The van der Waals surface area contributed by atoms with Crippen molar-refractivity contribution in [2.75, 3.05) is 13.7 Å². The lowest BCUT2D eigenvalue weighted by molar-refractivity contribution is 0.240. The van der Waals surface area contributed by atoms with Crippen LogP contribution in [0, 0.1) is 6.92 Å². The maximum atomic E-state index is 12.0. The minimum Gasteiger partial charge on any atom is -0.497 e. The van der Waals surface area contributed by atoms with Gasteiger partial charge in [-0.3, -0.25) is 0 Å². The smallest absolute Gasteiger partial charge is 0.315 e. The van der Waals surface area contributed by atoms with Gasteiger partial charge in [-0.15, -0.1) is 0 Å². The molecular weight excluding hydrogens is 316 g/mol. The predicted octanol–water partition coefficient (Wildman–Crippen LogP) is 2.85. The van der Waals surface area contributed by atoms with E-state index in [1.807, 2.05) is 55.5 Å². The third-order valence-corrected chi connectivity index (χ3v) is 4.05. The molecule has 0 spiro atoms. The molecule has 3 aromatic rings. The molecule has 0 aliphatic rings. The van der Waals surface area contributed by atoms with Gasteiger partial charge in [0.15, 0.2) is 0 Å². The molecule has 2 amide bonds. The number of hydrogen-bond acceptors (Lipinski definition) is 3. The van der Waals surface area contributed by atoms with Crippen LogP contribution in [-0.4, -0.2) is 29.2 Å². The van der Waals surface area contributed by atoms with Gasteiger partial charge >= 0.3 is 6.03 Å². The zero-order chi connectivity index (χ0) is 17.6. The number of nitrogens with one attached hydrogen (secondary N) is 2. The molecule has 0 aliphatic carbocycles. The molecule has 0 aliphatic heterocycles. The minimum absolute atomic E-state index is 0.190. The molecule has 0 unspecified atom stereocenters. The largest absolute Gasteiger partial charge is 0.497 e. The van der Waals surface area contributed by atoms with Crippen molar-refractivity contribution in [2.24, 2.45) is 0 Å². The molecule has 2 aromatic carbocycles. The van der Waals surface area contributed by atoms with Crippen LogP contribution in [0.15, 0.2) is 48.5 Å². The molecular formula is C19H22N4O2. The van der Waals surface area contributed by atoms with Crippen molar-refractivity contribution in [2.45, 2.75) is 20.0 Å². The first-order chi connectivity index (χ1) is 12.2. The van der Waals surface area contributed by atoms with Gasteiger partial charge < -0.3 is 19.9 Å². The van der Waals surface area contributed by atoms with Crippen molar-refractivity contribution < 1.29 is 9.53 Å². The molecule has 0 saturated heterocycles. The number of hydrogen-bond donors (Lipinski definition) is 2. The summed E-state index contributed by atoms with van der Waals surface area (Å²) in [7, 11) is 1.63. The Morgan fingerprint density at radius 2 is 2.00 bits per heavy atom. The molecule has 6 nitrogen and oxygen atoms in total. The maximum Gasteiger partial charge on any atom is 0.315 e. The van der Waals surface area contributed by atoms with Crippen LogP contribution in [0.3, 0.4) is 0 Å². The molecule has 0 atom stereocenters. The second kappa shape index (κ2) is 7.70. The molecule has 0 saturated carbocycles. The fraction of sp³-hybridized carbons (Fsp3) is 0.263. The van der Waals surface area contributed by atoms with Crippen LogP contribution in [0.25, 0.3) is 11.0 Å². The van der Waals surface area contributed by atoms with Crippen molar-refractivity contribution in [3.63, 3.8) is 0 Å². The standard InChI is InChI=1S/C19H22N4O2/c1-14-22-17-8-3-4-9-18(17)23(14)11-10-20-19(24)21-13-15-6-5-7-16(12-15)25-2/h3-9,12H,10-11,13H2,1-2H3,(H2,20,21,24).